The zero-order chi connectivity index (χ0) is 25.6. The number of nitrogens with zero attached hydrogens (tertiary/aromatic N) is 2. The van der Waals surface area contributed by atoms with Crippen LogP contribution in [0, 0.1) is 5.82 Å². The lowest BCUT2D eigenvalue weighted by Crippen LogP contribution is -2.29. The molecule has 0 aliphatic rings. The van der Waals surface area contributed by atoms with Crippen LogP contribution in [0.5, 0.6) is 0 Å². The van der Waals surface area contributed by atoms with Crippen LogP contribution in [-0.2, 0) is 6.18 Å². The average Bonchev–Trinajstić information content (AvgIpc) is 3.25. The van der Waals surface area contributed by atoms with Gasteiger partial charge in [0.05, 0.1) is 17.9 Å². The summed E-state index contributed by atoms with van der Waals surface area (Å²) in [5.74, 6) is -1.60. The number of fused-ring (bicyclic) bond motifs is 2. The van der Waals surface area contributed by atoms with Crippen molar-refractivity contribution in [3.8, 4) is 11.3 Å². The van der Waals surface area contributed by atoms with Gasteiger partial charge in [-0.15, -0.1) is 0 Å². The molecule has 0 bridgehead atoms. The summed E-state index contributed by atoms with van der Waals surface area (Å²) in [6, 6.07) is 17.3. The summed E-state index contributed by atoms with van der Waals surface area (Å²) in [4.78, 5) is 28.2. The van der Waals surface area contributed by atoms with Crippen molar-refractivity contribution >= 4 is 22.2 Å². The Bertz CT molecular complexity index is 1670. The number of nitrogens with one attached hydrogen (secondary N) is 2. The first-order valence-corrected chi connectivity index (χ1v) is 10.9. The molecule has 3 aromatic carbocycles. The highest BCUT2D eigenvalue weighted by Crippen LogP contribution is 2.35. The van der Waals surface area contributed by atoms with Gasteiger partial charge in [0.2, 0.25) is 0 Å². The summed E-state index contributed by atoms with van der Waals surface area (Å²) < 4.78 is 56.1. The van der Waals surface area contributed by atoms with E-state index in [4.69, 9.17) is 0 Å². The van der Waals surface area contributed by atoms with Crippen molar-refractivity contribution in [3.05, 3.63) is 106 Å². The number of aromatic nitrogens is 3. The summed E-state index contributed by atoms with van der Waals surface area (Å²) in [7, 11) is 0. The number of halogens is 4. The molecule has 5 rings (SSSR count). The molecule has 1 unspecified atom stereocenters. The van der Waals surface area contributed by atoms with Crippen LogP contribution >= 0.6 is 0 Å². The monoisotopic (exact) mass is 494 g/mol. The van der Waals surface area contributed by atoms with Crippen molar-refractivity contribution < 1.29 is 22.4 Å². The first-order valence-electron chi connectivity index (χ1n) is 10.9. The van der Waals surface area contributed by atoms with Crippen molar-refractivity contribution in [2.24, 2.45) is 0 Å². The van der Waals surface area contributed by atoms with Crippen molar-refractivity contribution in [2.75, 3.05) is 0 Å². The fourth-order valence-electron chi connectivity index (χ4n) is 4.11. The number of rotatable bonds is 4. The highest BCUT2D eigenvalue weighted by molar-refractivity contribution is 5.96. The number of amides is 1. The van der Waals surface area contributed by atoms with E-state index in [1.54, 1.807) is 19.1 Å². The Balaban J connectivity index is 1.59. The van der Waals surface area contributed by atoms with Crippen LogP contribution in [0.25, 0.3) is 27.5 Å². The van der Waals surface area contributed by atoms with Crippen LogP contribution in [0.4, 0.5) is 17.6 Å². The Hall–Kier alpha value is -4.47. The fourth-order valence-corrected chi connectivity index (χ4v) is 4.11. The van der Waals surface area contributed by atoms with E-state index in [0.717, 1.165) is 15.3 Å². The van der Waals surface area contributed by atoms with Gasteiger partial charge in [-0.25, -0.2) is 8.91 Å². The molecule has 36 heavy (non-hydrogen) atoms. The highest BCUT2D eigenvalue weighted by atomic mass is 19.4. The standard InChI is InChI=1S/C26H18F4N4O2/c1-14(15-8-10-19(27)11-9-15)31-24(35)22-21(26(28,29)30)23-25(36)32-20(13-34(23)33-22)18-7-6-16-4-2-3-5-17(16)12-18/h2-14H,1H3,(H,31,35)(H,32,36). The van der Waals surface area contributed by atoms with Gasteiger partial charge in [-0.05, 0) is 41.5 Å². The zero-order valence-electron chi connectivity index (χ0n) is 18.7. The Morgan fingerprint density at radius 2 is 1.72 bits per heavy atom. The summed E-state index contributed by atoms with van der Waals surface area (Å²) >= 11 is 0. The number of H-pyrrole nitrogens is 1. The molecular formula is C26H18F4N4O2. The first kappa shape index (κ1) is 23.3. The third kappa shape index (κ3) is 4.21. The molecule has 0 radical (unpaired) electrons. The Labute approximate surface area is 201 Å². The average molecular weight is 494 g/mol. The number of carbonyl (C=O) groups excluding carboxylic acids is 1. The first-order chi connectivity index (χ1) is 17.1. The summed E-state index contributed by atoms with van der Waals surface area (Å²) in [6.45, 7) is 1.54. The van der Waals surface area contributed by atoms with E-state index in [1.165, 1.54) is 30.5 Å². The molecule has 0 saturated carbocycles. The Morgan fingerprint density at radius 1 is 1.03 bits per heavy atom. The van der Waals surface area contributed by atoms with Gasteiger partial charge in [0.25, 0.3) is 11.5 Å². The van der Waals surface area contributed by atoms with E-state index in [0.29, 0.717) is 11.1 Å². The Morgan fingerprint density at radius 3 is 2.42 bits per heavy atom. The lowest BCUT2D eigenvalue weighted by atomic mass is 10.1. The number of carbonyl (C=O) groups is 1. The maximum absolute atomic E-state index is 14.0. The van der Waals surface area contributed by atoms with E-state index in [-0.39, 0.29) is 5.69 Å². The number of hydrogen-bond acceptors (Lipinski definition) is 3. The summed E-state index contributed by atoms with van der Waals surface area (Å²) in [5.41, 5.74) is -2.90. The van der Waals surface area contributed by atoms with Gasteiger partial charge in [-0.2, -0.15) is 18.3 Å². The van der Waals surface area contributed by atoms with Crippen molar-refractivity contribution in [1.29, 1.82) is 0 Å². The highest BCUT2D eigenvalue weighted by Gasteiger charge is 2.41. The van der Waals surface area contributed by atoms with E-state index in [9.17, 15) is 27.2 Å². The minimum atomic E-state index is -5.02. The van der Waals surface area contributed by atoms with E-state index >= 15 is 0 Å². The molecule has 1 amide bonds. The van der Waals surface area contributed by atoms with Crippen LogP contribution in [0.1, 0.15) is 34.6 Å². The fraction of sp³-hybridized carbons (Fsp3) is 0.115. The molecule has 0 spiro atoms. The quantitative estimate of drug-likeness (QED) is 0.324. The molecular weight excluding hydrogens is 476 g/mol. The minimum Gasteiger partial charge on any atom is -0.344 e. The molecule has 0 fully saturated rings. The van der Waals surface area contributed by atoms with Crippen molar-refractivity contribution in [3.63, 3.8) is 0 Å². The van der Waals surface area contributed by atoms with Crippen LogP contribution in [0.2, 0.25) is 0 Å². The number of aromatic amines is 1. The second-order valence-electron chi connectivity index (χ2n) is 8.32. The maximum Gasteiger partial charge on any atom is 0.421 e. The van der Waals surface area contributed by atoms with E-state index < -0.39 is 46.3 Å². The lowest BCUT2D eigenvalue weighted by molar-refractivity contribution is -0.136. The number of hydrogen-bond donors (Lipinski definition) is 2. The predicted molar refractivity (Wildman–Crippen MR) is 126 cm³/mol. The van der Waals surface area contributed by atoms with E-state index in [2.05, 4.69) is 15.4 Å². The topological polar surface area (TPSA) is 79.3 Å². The van der Waals surface area contributed by atoms with Gasteiger partial charge in [0.15, 0.2) is 5.69 Å². The molecule has 10 heteroatoms. The van der Waals surface area contributed by atoms with Crippen LogP contribution in [0.15, 0.2) is 77.7 Å². The zero-order valence-corrected chi connectivity index (χ0v) is 18.7. The molecule has 1 atom stereocenters. The molecule has 0 aliphatic carbocycles. The second kappa shape index (κ2) is 8.63. The van der Waals surface area contributed by atoms with Gasteiger partial charge < -0.3 is 10.3 Å². The maximum atomic E-state index is 14.0. The largest absolute Gasteiger partial charge is 0.421 e. The lowest BCUT2D eigenvalue weighted by Gasteiger charge is -2.14. The molecule has 5 aromatic rings. The molecule has 2 heterocycles. The van der Waals surface area contributed by atoms with Gasteiger partial charge in [0.1, 0.15) is 16.9 Å². The normalized spacial score (nSPS) is 12.7. The summed E-state index contributed by atoms with van der Waals surface area (Å²) in [5, 5.41) is 8.13. The number of alkyl halides is 3. The summed E-state index contributed by atoms with van der Waals surface area (Å²) in [6.07, 6.45) is -3.78. The van der Waals surface area contributed by atoms with Gasteiger partial charge in [-0.3, -0.25) is 9.59 Å². The predicted octanol–water partition coefficient (Wildman–Crippen LogP) is 5.49. The third-order valence-corrected chi connectivity index (χ3v) is 5.90. The molecule has 182 valence electrons. The van der Waals surface area contributed by atoms with Gasteiger partial charge >= 0.3 is 6.18 Å². The second-order valence-corrected chi connectivity index (χ2v) is 8.32. The smallest absolute Gasteiger partial charge is 0.344 e. The molecule has 2 aromatic heterocycles. The van der Waals surface area contributed by atoms with Crippen LogP contribution in [0.3, 0.4) is 0 Å². The molecule has 2 N–H and O–H groups in total. The van der Waals surface area contributed by atoms with Crippen molar-refractivity contribution in [1.82, 2.24) is 19.9 Å². The van der Waals surface area contributed by atoms with Gasteiger partial charge in [-0.1, -0.05) is 48.5 Å². The van der Waals surface area contributed by atoms with Crippen molar-refractivity contribution in [2.45, 2.75) is 19.1 Å². The van der Waals surface area contributed by atoms with E-state index in [1.807, 2.05) is 30.3 Å². The SMILES string of the molecule is CC(NC(=O)c1nn2cc(-c3ccc4ccccc4c3)[nH]c(=O)c2c1C(F)(F)F)c1ccc(F)cc1. The minimum absolute atomic E-state index is 0.237. The van der Waals surface area contributed by atoms with Gasteiger partial charge in [0, 0.05) is 5.56 Å². The van der Waals surface area contributed by atoms with Crippen LogP contribution < -0.4 is 10.9 Å². The number of benzene rings is 3. The third-order valence-electron chi connectivity index (χ3n) is 5.90. The molecule has 6 nitrogen and oxygen atoms in total. The molecule has 0 saturated heterocycles. The van der Waals surface area contributed by atoms with Crippen LogP contribution in [-0.4, -0.2) is 20.5 Å². The Kier molecular flexibility index (Phi) is 5.58. The molecule has 0 aliphatic heterocycles.